The Morgan fingerprint density at radius 2 is 2.00 bits per heavy atom. The molecule has 2 nitrogen and oxygen atoms in total. The third-order valence-electron chi connectivity index (χ3n) is 3.65. The number of fused-ring (bicyclic) bond motifs is 1. The molecule has 1 aromatic carbocycles. The largest absolute Gasteiger partial charge is 0.486 e. The minimum absolute atomic E-state index is 0. The van der Waals surface area contributed by atoms with Gasteiger partial charge >= 0.3 is 0 Å². The molecule has 1 unspecified atom stereocenters. The van der Waals surface area contributed by atoms with Crippen molar-refractivity contribution < 1.29 is 9.13 Å². The van der Waals surface area contributed by atoms with Gasteiger partial charge in [0, 0.05) is 12.0 Å². The molecule has 2 aliphatic heterocycles. The maximum atomic E-state index is 13.5. The van der Waals surface area contributed by atoms with Gasteiger partial charge in [0.1, 0.15) is 6.10 Å². The Kier molecular flexibility index (Phi) is 3.89. The van der Waals surface area contributed by atoms with E-state index in [-0.39, 0.29) is 24.3 Å². The maximum Gasteiger partial charge on any atom is 0.165 e. The normalized spacial score (nSPS) is 23.7. The van der Waals surface area contributed by atoms with Crippen molar-refractivity contribution in [1.29, 1.82) is 0 Å². The van der Waals surface area contributed by atoms with Crippen molar-refractivity contribution in [3.05, 3.63) is 29.6 Å². The summed E-state index contributed by atoms with van der Waals surface area (Å²) < 4.78 is 19.3. The molecule has 0 aromatic heterocycles. The smallest absolute Gasteiger partial charge is 0.165 e. The molecule has 1 aromatic rings. The highest BCUT2D eigenvalue weighted by atomic mass is 35.5. The Hall–Kier alpha value is -0.800. The van der Waals surface area contributed by atoms with Crippen LogP contribution >= 0.6 is 12.4 Å². The van der Waals surface area contributed by atoms with Crippen LogP contribution in [0.1, 0.15) is 18.4 Å². The minimum Gasteiger partial charge on any atom is -0.486 e. The van der Waals surface area contributed by atoms with Crippen LogP contribution < -0.4 is 10.1 Å². The number of para-hydroxylation sites is 1. The van der Waals surface area contributed by atoms with E-state index in [4.69, 9.17) is 4.74 Å². The number of hydrogen-bond donors (Lipinski definition) is 1. The number of piperidine rings is 1. The first kappa shape index (κ1) is 12.7. The predicted molar refractivity (Wildman–Crippen MR) is 67.4 cm³/mol. The number of hydrogen-bond acceptors (Lipinski definition) is 2. The Balaban J connectivity index is 0.00000108. The number of rotatable bonds is 1. The van der Waals surface area contributed by atoms with Crippen molar-refractivity contribution in [2.45, 2.75) is 25.4 Å². The van der Waals surface area contributed by atoms with E-state index in [0.717, 1.165) is 37.9 Å². The van der Waals surface area contributed by atoms with Crippen LogP contribution in [0.5, 0.6) is 5.75 Å². The topological polar surface area (TPSA) is 21.3 Å². The predicted octanol–water partition coefficient (Wildman–Crippen LogP) is 2.55. The zero-order chi connectivity index (χ0) is 11.0. The van der Waals surface area contributed by atoms with Crippen molar-refractivity contribution in [2.75, 3.05) is 13.1 Å². The first-order chi connectivity index (χ1) is 7.84. The molecule has 1 saturated heterocycles. The van der Waals surface area contributed by atoms with Gasteiger partial charge in [0.15, 0.2) is 11.6 Å². The average Bonchev–Trinajstić information content (AvgIpc) is 2.76. The molecule has 2 heterocycles. The standard InChI is InChI=1S/C13H16FNO.ClH/c14-11-3-1-2-10-8-12(16-13(10)11)9-4-6-15-7-5-9;/h1-3,9,12,15H,4-8H2;1H. The van der Waals surface area contributed by atoms with E-state index in [9.17, 15) is 4.39 Å². The van der Waals surface area contributed by atoms with E-state index in [1.807, 2.05) is 6.07 Å². The van der Waals surface area contributed by atoms with Gasteiger partial charge in [-0.2, -0.15) is 0 Å². The maximum absolute atomic E-state index is 13.5. The number of benzene rings is 1. The monoisotopic (exact) mass is 257 g/mol. The molecular weight excluding hydrogens is 241 g/mol. The molecule has 0 bridgehead atoms. The highest BCUT2D eigenvalue weighted by molar-refractivity contribution is 5.85. The second kappa shape index (κ2) is 5.23. The van der Waals surface area contributed by atoms with E-state index in [1.165, 1.54) is 6.07 Å². The van der Waals surface area contributed by atoms with Crippen molar-refractivity contribution >= 4 is 12.4 Å². The fraction of sp³-hybridized carbons (Fsp3) is 0.538. The molecule has 4 heteroatoms. The van der Waals surface area contributed by atoms with Crippen LogP contribution in [0.3, 0.4) is 0 Å². The van der Waals surface area contributed by atoms with Crippen LogP contribution in [0, 0.1) is 11.7 Å². The lowest BCUT2D eigenvalue weighted by Gasteiger charge is -2.27. The minimum atomic E-state index is -0.214. The first-order valence-corrected chi connectivity index (χ1v) is 5.99. The van der Waals surface area contributed by atoms with Gasteiger partial charge < -0.3 is 10.1 Å². The van der Waals surface area contributed by atoms with E-state index < -0.39 is 0 Å². The average molecular weight is 258 g/mol. The SMILES string of the molecule is Cl.Fc1cccc2c1OC(C1CCNCC1)C2. The van der Waals surface area contributed by atoms with Gasteiger partial charge in [0.25, 0.3) is 0 Å². The molecule has 0 saturated carbocycles. The van der Waals surface area contributed by atoms with Gasteiger partial charge in [-0.3, -0.25) is 0 Å². The molecule has 0 radical (unpaired) electrons. The molecule has 2 aliphatic rings. The van der Waals surface area contributed by atoms with Gasteiger partial charge in [-0.05, 0) is 37.9 Å². The second-order valence-electron chi connectivity index (χ2n) is 4.68. The van der Waals surface area contributed by atoms with Crippen LogP contribution in [0.2, 0.25) is 0 Å². The van der Waals surface area contributed by atoms with Gasteiger partial charge in [-0.1, -0.05) is 12.1 Å². The molecule has 3 rings (SSSR count). The zero-order valence-electron chi connectivity index (χ0n) is 9.62. The van der Waals surface area contributed by atoms with E-state index in [1.54, 1.807) is 6.07 Å². The van der Waals surface area contributed by atoms with Crippen LogP contribution in [0.4, 0.5) is 4.39 Å². The summed E-state index contributed by atoms with van der Waals surface area (Å²) in [6, 6.07) is 5.21. The van der Waals surface area contributed by atoms with Crippen LogP contribution in [-0.2, 0) is 6.42 Å². The molecular formula is C13H17ClFNO. The number of halogens is 2. The van der Waals surface area contributed by atoms with Crippen molar-refractivity contribution in [2.24, 2.45) is 5.92 Å². The van der Waals surface area contributed by atoms with Crippen molar-refractivity contribution in [3.63, 3.8) is 0 Å². The van der Waals surface area contributed by atoms with Crippen LogP contribution in [0.15, 0.2) is 18.2 Å². The highest BCUT2D eigenvalue weighted by Crippen LogP contribution is 2.35. The summed E-state index contributed by atoms with van der Waals surface area (Å²) >= 11 is 0. The summed E-state index contributed by atoms with van der Waals surface area (Å²) in [5.74, 6) is 0.855. The molecule has 0 spiro atoms. The third-order valence-corrected chi connectivity index (χ3v) is 3.65. The lowest BCUT2D eigenvalue weighted by Crippen LogP contribution is -2.36. The summed E-state index contributed by atoms with van der Waals surface area (Å²) in [6.45, 7) is 2.12. The molecule has 0 aliphatic carbocycles. The number of nitrogens with one attached hydrogen (secondary N) is 1. The quantitative estimate of drug-likeness (QED) is 0.835. The lowest BCUT2D eigenvalue weighted by molar-refractivity contribution is 0.130. The Morgan fingerprint density at radius 1 is 1.24 bits per heavy atom. The second-order valence-corrected chi connectivity index (χ2v) is 4.68. The van der Waals surface area contributed by atoms with Crippen molar-refractivity contribution in [3.8, 4) is 5.75 Å². The fourth-order valence-electron chi connectivity index (χ4n) is 2.73. The van der Waals surface area contributed by atoms with Gasteiger partial charge in [0.2, 0.25) is 0 Å². The molecule has 1 N–H and O–H groups in total. The van der Waals surface area contributed by atoms with E-state index >= 15 is 0 Å². The van der Waals surface area contributed by atoms with Gasteiger partial charge in [0.05, 0.1) is 0 Å². The van der Waals surface area contributed by atoms with Crippen LogP contribution in [0.25, 0.3) is 0 Å². The fourth-order valence-corrected chi connectivity index (χ4v) is 2.73. The van der Waals surface area contributed by atoms with Crippen molar-refractivity contribution in [1.82, 2.24) is 5.32 Å². The molecule has 94 valence electrons. The third kappa shape index (κ3) is 2.40. The van der Waals surface area contributed by atoms with E-state index in [2.05, 4.69) is 5.32 Å². The molecule has 0 amide bonds. The molecule has 17 heavy (non-hydrogen) atoms. The summed E-state index contributed by atoms with van der Waals surface area (Å²) in [4.78, 5) is 0. The summed E-state index contributed by atoms with van der Waals surface area (Å²) in [5.41, 5.74) is 1.03. The Labute approximate surface area is 107 Å². The van der Waals surface area contributed by atoms with Gasteiger partial charge in [-0.15, -0.1) is 12.4 Å². The summed E-state index contributed by atoms with van der Waals surface area (Å²) in [7, 11) is 0. The number of ether oxygens (including phenoxy) is 1. The molecule has 1 fully saturated rings. The zero-order valence-corrected chi connectivity index (χ0v) is 10.4. The first-order valence-electron chi connectivity index (χ1n) is 5.99. The Bertz CT molecular complexity index is 393. The van der Waals surface area contributed by atoms with E-state index in [0.29, 0.717) is 11.7 Å². The van der Waals surface area contributed by atoms with Gasteiger partial charge in [-0.25, -0.2) is 4.39 Å². The molecule has 1 atom stereocenters. The highest BCUT2D eigenvalue weighted by Gasteiger charge is 2.32. The lowest BCUT2D eigenvalue weighted by atomic mass is 9.90. The summed E-state index contributed by atoms with van der Waals surface area (Å²) in [5, 5.41) is 3.34. The van der Waals surface area contributed by atoms with Crippen LogP contribution in [-0.4, -0.2) is 19.2 Å². The Morgan fingerprint density at radius 3 is 2.71 bits per heavy atom. The summed E-state index contributed by atoms with van der Waals surface area (Å²) in [6.07, 6.45) is 3.34.